The van der Waals surface area contributed by atoms with Crippen molar-refractivity contribution in [2.45, 2.75) is 11.4 Å². The maximum Gasteiger partial charge on any atom is 0.245 e. The van der Waals surface area contributed by atoms with Crippen molar-refractivity contribution < 1.29 is 12.8 Å². The summed E-state index contributed by atoms with van der Waals surface area (Å²) in [4.78, 5) is -0.339. The maximum absolute atomic E-state index is 13.9. The van der Waals surface area contributed by atoms with Crippen molar-refractivity contribution in [1.82, 2.24) is 4.31 Å². The number of rotatable bonds is 6. The van der Waals surface area contributed by atoms with Crippen molar-refractivity contribution in [3.63, 3.8) is 0 Å². The largest absolute Gasteiger partial charge is 0.388 e. The second-order valence-electron chi connectivity index (χ2n) is 5.19. The highest BCUT2D eigenvalue weighted by atomic mass is 32.2. The lowest BCUT2D eigenvalue weighted by Crippen LogP contribution is -2.23. The van der Waals surface area contributed by atoms with E-state index in [2.05, 4.69) is 10.6 Å². The van der Waals surface area contributed by atoms with Gasteiger partial charge in [-0.3, -0.25) is 0 Å². The van der Waals surface area contributed by atoms with Gasteiger partial charge in [0.2, 0.25) is 10.0 Å². The molecule has 0 aliphatic carbocycles. The molecule has 2 N–H and O–H groups in total. The minimum absolute atomic E-state index is 0.339. The number of hydrogen-bond acceptors (Lipinski definition) is 4. The molecule has 2 aromatic carbocycles. The highest BCUT2D eigenvalue weighted by molar-refractivity contribution is 7.89. The van der Waals surface area contributed by atoms with Gasteiger partial charge in [0.25, 0.3) is 0 Å². The average Bonchev–Trinajstić information content (AvgIpc) is 2.54. The zero-order valence-electron chi connectivity index (χ0n) is 13.3. The van der Waals surface area contributed by atoms with Crippen LogP contribution in [0.1, 0.15) is 5.56 Å². The van der Waals surface area contributed by atoms with E-state index in [1.54, 1.807) is 0 Å². The molecule has 0 unspecified atom stereocenters. The predicted octanol–water partition coefficient (Wildman–Crippen LogP) is 2.73. The number of para-hydroxylation sites is 1. The van der Waals surface area contributed by atoms with Crippen LogP contribution < -0.4 is 10.6 Å². The van der Waals surface area contributed by atoms with Crippen molar-refractivity contribution in [1.29, 1.82) is 0 Å². The van der Waals surface area contributed by atoms with Gasteiger partial charge in [-0.05, 0) is 29.8 Å². The summed E-state index contributed by atoms with van der Waals surface area (Å²) in [6.07, 6.45) is 0. The Labute approximate surface area is 136 Å². The lowest BCUT2D eigenvalue weighted by atomic mass is 10.1. The van der Waals surface area contributed by atoms with Crippen molar-refractivity contribution in [3.8, 4) is 0 Å². The van der Waals surface area contributed by atoms with E-state index < -0.39 is 15.8 Å². The molecule has 2 rings (SSSR count). The molecule has 0 fully saturated rings. The molecule has 0 spiro atoms. The highest BCUT2D eigenvalue weighted by Crippen LogP contribution is 2.23. The van der Waals surface area contributed by atoms with E-state index in [4.69, 9.17) is 0 Å². The van der Waals surface area contributed by atoms with Crippen molar-refractivity contribution in [2.75, 3.05) is 31.8 Å². The van der Waals surface area contributed by atoms with Crippen LogP contribution in [-0.2, 0) is 16.6 Å². The predicted molar refractivity (Wildman–Crippen MR) is 90.6 cm³/mol. The monoisotopic (exact) mass is 337 g/mol. The standard InChI is InChI=1S/C16H20FN3O2S/c1-18-15-7-5-4-6-12(15)11-19-13-8-9-14(17)16(10-13)23(21,22)20(2)3/h4-10,18-19H,11H2,1-3H3. The second kappa shape index (κ2) is 6.97. The van der Waals surface area contributed by atoms with Gasteiger partial charge in [0.05, 0.1) is 0 Å². The fourth-order valence-electron chi connectivity index (χ4n) is 2.12. The molecule has 0 saturated heterocycles. The summed E-state index contributed by atoms with van der Waals surface area (Å²) in [7, 11) is 0.758. The minimum Gasteiger partial charge on any atom is -0.388 e. The average molecular weight is 337 g/mol. The molecule has 0 heterocycles. The van der Waals surface area contributed by atoms with Crippen LogP contribution in [0, 0.1) is 5.82 Å². The Morgan fingerprint density at radius 1 is 1.13 bits per heavy atom. The van der Waals surface area contributed by atoms with Gasteiger partial charge in [0.1, 0.15) is 10.7 Å². The van der Waals surface area contributed by atoms with E-state index in [0.717, 1.165) is 21.6 Å². The number of sulfonamides is 1. The first-order chi connectivity index (χ1) is 10.9. The summed E-state index contributed by atoms with van der Waals surface area (Å²) >= 11 is 0. The van der Waals surface area contributed by atoms with E-state index in [-0.39, 0.29) is 4.90 Å². The molecule has 5 nitrogen and oxygen atoms in total. The van der Waals surface area contributed by atoms with Crippen LogP contribution in [-0.4, -0.2) is 33.9 Å². The Kier molecular flexibility index (Phi) is 5.23. The second-order valence-corrected chi connectivity index (χ2v) is 7.31. The SMILES string of the molecule is CNc1ccccc1CNc1ccc(F)c(S(=O)(=O)N(C)C)c1. The molecule has 0 aromatic heterocycles. The van der Waals surface area contributed by atoms with E-state index in [9.17, 15) is 12.8 Å². The number of nitrogens with one attached hydrogen (secondary N) is 2. The number of benzene rings is 2. The third-order valence-electron chi connectivity index (χ3n) is 3.46. The fraction of sp³-hybridized carbons (Fsp3) is 0.250. The Bertz CT molecular complexity index is 792. The molecule has 2 aromatic rings. The summed E-state index contributed by atoms with van der Waals surface area (Å²) in [6.45, 7) is 0.490. The molecule has 23 heavy (non-hydrogen) atoms. The van der Waals surface area contributed by atoms with Crippen molar-refractivity contribution >= 4 is 21.4 Å². The fourth-order valence-corrected chi connectivity index (χ4v) is 3.11. The van der Waals surface area contributed by atoms with Gasteiger partial charge in [-0.15, -0.1) is 0 Å². The van der Waals surface area contributed by atoms with Gasteiger partial charge in [0.15, 0.2) is 0 Å². The summed E-state index contributed by atoms with van der Waals surface area (Å²) in [5, 5.41) is 6.21. The molecule has 124 valence electrons. The number of hydrogen-bond donors (Lipinski definition) is 2. The molecule has 0 amide bonds. The molecule has 7 heteroatoms. The highest BCUT2D eigenvalue weighted by Gasteiger charge is 2.22. The molecule has 0 atom stereocenters. The van der Waals surface area contributed by atoms with Gasteiger partial charge in [-0.25, -0.2) is 17.1 Å². The summed E-state index contributed by atoms with van der Waals surface area (Å²) in [6, 6.07) is 11.7. The van der Waals surface area contributed by atoms with Crippen molar-refractivity contribution in [3.05, 3.63) is 53.8 Å². The van der Waals surface area contributed by atoms with E-state index in [0.29, 0.717) is 12.2 Å². The summed E-state index contributed by atoms with van der Waals surface area (Å²) in [5.41, 5.74) is 2.54. The maximum atomic E-state index is 13.9. The third-order valence-corrected chi connectivity index (χ3v) is 5.29. The van der Waals surface area contributed by atoms with Crippen LogP contribution in [0.3, 0.4) is 0 Å². The topological polar surface area (TPSA) is 61.4 Å². The Morgan fingerprint density at radius 3 is 2.48 bits per heavy atom. The molecular formula is C16H20FN3O2S. The Balaban J connectivity index is 2.25. The van der Waals surface area contributed by atoms with Crippen molar-refractivity contribution in [2.24, 2.45) is 0 Å². The molecule has 0 saturated carbocycles. The number of nitrogens with zero attached hydrogens (tertiary/aromatic N) is 1. The van der Waals surface area contributed by atoms with Gasteiger partial charge in [-0.1, -0.05) is 18.2 Å². The van der Waals surface area contributed by atoms with Gasteiger partial charge >= 0.3 is 0 Å². The van der Waals surface area contributed by atoms with Crippen LogP contribution >= 0.6 is 0 Å². The van der Waals surface area contributed by atoms with Gasteiger partial charge < -0.3 is 10.6 Å². The van der Waals surface area contributed by atoms with Gasteiger partial charge in [0, 0.05) is 39.1 Å². The Hall–Kier alpha value is -2.12. The third kappa shape index (κ3) is 3.80. The quantitative estimate of drug-likeness (QED) is 0.851. The number of halogens is 1. The van der Waals surface area contributed by atoms with Crippen LogP contribution in [0.15, 0.2) is 47.4 Å². The summed E-state index contributed by atoms with van der Waals surface area (Å²) < 4.78 is 39.1. The zero-order chi connectivity index (χ0) is 17.0. The molecular weight excluding hydrogens is 317 g/mol. The molecule has 0 aliphatic heterocycles. The first-order valence-corrected chi connectivity index (χ1v) is 8.52. The van der Waals surface area contributed by atoms with Crippen LogP contribution in [0.5, 0.6) is 0 Å². The van der Waals surface area contributed by atoms with E-state index in [1.165, 1.54) is 26.2 Å². The van der Waals surface area contributed by atoms with Crippen LogP contribution in [0.4, 0.5) is 15.8 Å². The molecule has 0 aliphatic rings. The lowest BCUT2D eigenvalue weighted by molar-refractivity contribution is 0.508. The lowest BCUT2D eigenvalue weighted by Gasteiger charge is -2.15. The van der Waals surface area contributed by atoms with E-state index >= 15 is 0 Å². The van der Waals surface area contributed by atoms with Gasteiger partial charge in [-0.2, -0.15) is 0 Å². The molecule has 0 radical (unpaired) electrons. The normalized spacial score (nSPS) is 11.5. The zero-order valence-corrected chi connectivity index (χ0v) is 14.1. The Morgan fingerprint density at radius 2 is 1.83 bits per heavy atom. The first kappa shape index (κ1) is 17.2. The van der Waals surface area contributed by atoms with Crippen LogP contribution in [0.2, 0.25) is 0 Å². The smallest absolute Gasteiger partial charge is 0.245 e. The van der Waals surface area contributed by atoms with E-state index in [1.807, 2.05) is 31.3 Å². The minimum atomic E-state index is -3.82. The number of anilines is 2. The molecule has 0 bridgehead atoms. The van der Waals surface area contributed by atoms with Crippen LogP contribution in [0.25, 0.3) is 0 Å². The summed E-state index contributed by atoms with van der Waals surface area (Å²) in [5.74, 6) is -0.764. The first-order valence-electron chi connectivity index (χ1n) is 7.08.